The maximum absolute atomic E-state index is 11.9. The van der Waals surface area contributed by atoms with Crippen LogP contribution in [0.1, 0.15) is 6.92 Å². The van der Waals surface area contributed by atoms with Crippen LogP contribution in [0.15, 0.2) is 39.0 Å². The third-order valence-electron chi connectivity index (χ3n) is 2.45. The predicted octanol–water partition coefficient (Wildman–Crippen LogP) is 2.33. The van der Waals surface area contributed by atoms with E-state index in [-0.39, 0.29) is 18.1 Å². The number of ketones is 1. The quantitative estimate of drug-likeness (QED) is 0.732. The normalized spacial score (nSPS) is 22.4. The van der Waals surface area contributed by atoms with Crippen molar-refractivity contribution in [2.45, 2.75) is 6.92 Å². The van der Waals surface area contributed by atoms with Crippen LogP contribution in [0.2, 0.25) is 0 Å². The van der Waals surface area contributed by atoms with Crippen molar-refractivity contribution >= 4 is 40.7 Å². The third kappa shape index (κ3) is 2.40. The molecular formula is C12H9Cl2NO3. The van der Waals surface area contributed by atoms with Gasteiger partial charge in [-0.3, -0.25) is 4.79 Å². The molecule has 0 fully saturated rings. The summed E-state index contributed by atoms with van der Waals surface area (Å²) in [5, 5.41) is 0.603. The molecule has 0 spiro atoms. The molecule has 2 aliphatic rings. The molecule has 0 saturated carbocycles. The summed E-state index contributed by atoms with van der Waals surface area (Å²) < 4.78 is 4.80. The van der Waals surface area contributed by atoms with E-state index in [0.717, 1.165) is 0 Å². The number of carbonyl (C=O) groups excluding carboxylic acids is 2. The van der Waals surface area contributed by atoms with Gasteiger partial charge >= 0.3 is 5.97 Å². The number of esters is 1. The molecule has 0 radical (unpaired) electrons. The van der Waals surface area contributed by atoms with Crippen molar-refractivity contribution in [2.24, 2.45) is 10.9 Å². The van der Waals surface area contributed by atoms with Crippen LogP contribution in [0.5, 0.6) is 0 Å². The lowest BCUT2D eigenvalue weighted by Gasteiger charge is -2.20. The van der Waals surface area contributed by atoms with Crippen LogP contribution in [0.4, 0.5) is 0 Å². The largest absolute Gasteiger partial charge is 0.461 e. The van der Waals surface area contributed by atoms with Gasteiger partial charge in [-0.2, -0.15) is 0 Å². The molecule has 6 heteroatoms. The van der Waals surface area contributed by atoms with Crippen molar-refractivity contribution in [3.63, 3.8) is 0 Å². The number of ether oxygens (including phenoxy) is 1. The standard InChI is InChI=1S/C12H9Cl2NO3/c1-2-18-12(17)10-5-11(16)6-3-7(13)8(14)4-9(6)15-10/h3-6H,2H2,1H3. The van der Waals surface area contributed by atoms with E-state index in [1.54, 1.807) is 6.92 Å². The monoisotopic (exact) mass is 285 g/mol. The first-order valence-corrected chi connectivity index (χ1v) is 6.04. The second-order valence-corrected chi connectivity index (χ2v) is 4.49. The van der Waals surface area contributed by atoms with Crippen molar-refractivity contribution in [2.75, 3.05) is 6.61 Å². The Hall–Kier alpha value is -1.39. The van der Waals surface area contributed by atoms with E-state index in [9.17, 15) is 9.59 Å². The summed E-state index contributed by atoms with van der Waals surface area (Å²) in [6.45, 7) is 1.90. The zero-order chi connectivity index (χ0) is 13.3. The summed E-state index contributed by atoms with van der Waals surface area (Å²) in [6.07, 6.45) is 4.17. The summed E-state index contributed by atoms with van der Waals surface area (Å²) in [7, 11) is 0. The first-order valence-electron chi connectivity index (χ1n) is 5.29. The Morgan fingerprint density at radius 2 is 2.11 bits per heavy atom. The van der Waals surface area contributed by atoms with Crippen LogP contribution < -0.4 is 0 Å². The molecule has 94 valence electrons. The summed E-state index contributed by atoms with van der Waals surface area (Å²) >= 11 is 11.7. The zero-order valence-electron chi connectivity index (χ0n) is 9.44. The summed E-state index contributed by atoms with van der Waals surface area (Å²) in [5.74, 6) is -1.46. The minimum atomic E-state index is -0.623. The molecule has 0 amide bonds. The van der Waals surface area contributed by atoms with Gasteiger partial charge in [-0.15, -0.1) is 0 Å². The number of fused-ring (bicyclic) bond motifs is 1. The highest BCUT2D eigenvalue weighted by Gasteiger charge is 2.30. The van der Waals surface area contributed by atoms with Crippen LogP contribution in [-0.4, -0.2) is 24.1 Å². The second-order valence-electron chi connectivity index (χ2n) is 3.67. The molecule has 1 unspecified atom stereocenters. The Labute approximate surface area is 114 Å². The molecule has 1 aliphatic carbocycles. The fraction of sp³-hybridized carbons (Fsp3) is 0.250. The molecule has 0 bridgehead atoms. The Balaban J connectivity index is 2.35. The number of halogens is 2. The Bertz CT molecular complexity index is 544. The van der Waals surface area contributed by atoms with Gasteiger partial charge in [0.1, 0.15) is 0 Å². The van der Waals surface area contributed by atoms with E-state index in [4.69, 9.17) is 27.9 Å². The maximum Gasteiger partial charge on any atom is 0.357 e. The maximum atomic E-state index is 11.9. The van der Waals surface area contributed by atoms with Gasteiger partial charge in [0.15, 0.2) is 11.5 Å². The van der Waals surface area contributed by atoms with E-state index in [1.807, 2.05) is 0 Å². The first kappa shape index (κ1) is 13.1. The number of hydrogen-bond donors (Lipinski definition) is 0. The van der Waals surface area contributed by atoms with Crippen LogP contribution in [-0.2, 0) is 14.3 Å². The van der Waals surface area contributed by atoms with E-state index >= 15 is 0 Å². The van der Waals surface area contributed by atoms with Gasteiger partial charge < -0.3 is 4.74 Å². The molecule has 0 saturated heterocycles. The van der Waals surface area contributed by atoms with Crippen LogP contribution in [0.25, 0.3) is 0 Å². The van der Waals surface area contributed by atoms with E-state index in [2.05, 4.69) is 4.99 Å². The molecule has 2 rings (SSSR count). The Kier molecular flexibility index (Phi) is 3.68. The first-order chi connectivity index (χ1) is 8.52. The number of rotatable bonds is 2. The van der Waals surface area contributed by atoms with Gasteiger partial charge in [-0.1, -0.05) is 23.2 Å². The molecule has 0 aromatic heterocycles. The molecule has 0 aromatic carbocycles. The Morgan fingerprint density at radius 1 is 1.39 bits per heavy atom. The SMILES string of the molecule is CCOC(=O)C1=CC(=O)C2C=C(Cl)C(Cl)=CC2=N1. The van der Waals surface area contributed by atoms with Gasteiger partial charge in [-0.05, 0) is 19.1 Å². The highest BCUT2D eigenvalue weighted by Crippen LogP contribution is 2.30. The molecule has 1 atom stereocenters. The fourth-order valence-corrected chi connectivity index (χ4v) is 1.99. The van der Waals surface area contributed by atoms with Crippen molar-refractivity contribution < 1.29 is 14.3 Å². The molecule has 0 aromatic rings. The smallest absolute Gasteiger partial charge is 0.357 e. The highest BCUT2D eigenvalue weighted by molar-refractivity contribution is 6.46. The van der Waals surface area contributed by atoms with Crippen molar-refractivity contribution in [1.29, 1.82) is 0 Å². The van der Waals surface area contributed by atoms with Crippen LogP contribution in [0, 0.1) is 5.92 Å². The highest BCUT2D eigenvalue weighted by atomic mass is 35.5. The summed E-state index contributed by atoms with van der Waals surface area (Å²) in [5.41, 5.74) is 0.389. The minimum Gasteiger partial charge on any atom is -0.461 e. The molecular weight excluding hydrogens is 277 g/mol. The van der Waals surface area contributed by atoms with Gasteiger partial charge in [0.25, 0.3) is 0 Å². The minimum absolute atomic E-state index is 0.0137. The van der Waals surface area contributed by atoms with Crippen molar-refractivity contribution in [3.8, 4) is 0 Å². The zero-order valence-corrected chi connectivity index (χ0v) is 11.0. The second kappa shape index (κ2) is 5.08. The predicted molar refractivity (Wildman–Crippen MR) is 68.5 cm³/mol. The van der Waals surface area contributed by atoms with Gasteiger partial charge in [0, 0.05) is 6.08 Å². The van der Waals surface area contributed by atoms with Crippen molar-refractivity contribution in [3.05, 3.63) is 34.0 Å². The topological polar surface area (TPSA) is 55.7 Å². The van der Waals surface area contributed by atoms with Gasteiger partial charge in [-0.25, -0.2) is 9.79 Å². The summed E-state index contributed by atoms with van der Waals surface area (Å²) in [4.78, 5) is 27.5. The average Bonchev–Trinajstić information content (AvgIpc) is 2.32. The van der Waals surface area contributed by atoms with Gasteiger partial charge in [0.05, 0.1) is 28.3 Å². The fourth-order valence-electron chi connectivity index (χ4n) is 1.64. The number of nitrogens with zero attached hydrogens (tertiary/aromatic N) is 1. The third-order valence-corrected chi connectivity index (χ3v) is 3.19. The summed E-state index contributed by atoms with van der Waals surface area (Å²) in [6, 6.07) is 0. The molecule has 4 nitrogen and oxygen atoms in total. The molecule has 18 heavy (non-hydrogen) atoms. The average molecular weight is 286 g/mol. The number of aliphatic imine (C=N–C) groups is 1. The number of carbonyl (C=O) groups is 2. The molecule has 1 aliphatic heterocycles. The lowest BCUT2D eigenvalue weighted by Crippen LogP contribution is -2.27. The number of allylic oxidation sites excluding steroid dienone is 5. The van der Waals surface area contributed by atoms with E-state index in [1.165, 1.54) is 18.2 Å². The molecule has 0 N–H and O–H groups in total. The van der Waals surface area contributed by atoms with E-state index < -0.39 is 11.9 Å². The van der Waals surface area contributed by atoms with Crippen LogP contribution in [0.3, 0.4) is 0 Å². The molecule has 1 heterocycles. The van der Waals surface area contributed by atoms with Crippen LogP contribution >= 0.6 is 23.2 Å². The Morgan fingerprint density at radius 3 is 2.78 bits per heavy atom. The van der Waals surface area contributed by atoms with Crippen molar-refractivity contribution in [1.82, 2.24) is 0 Å². The van der Waals surface area contributed by atoms with E-state index in [0.29, 0.717) is 15.8 Å². The lowest BCUT2D eigenvalue weighted by molar-refractivity contribution is -0.138. The number of hydrogen-bond acceptors (Lipinski definition) is 4. The van der Waals surface area contributed by atoms with Gasteiger partial charge in [0.2, 0.25) is 0 Å². The lowest BCUT2D eigenvalue weighted by atomic mass is 9.91.